The summed E-state index contributed by atoms with van der Waals surface area (Å²) < 4.78 is 0. The maximum Gasteiger partial charge on any atom is 0.242 e. The second-order valence-electron chi connectivity index (χ2n) is 3.93. The Morgan fingerprint density at radius 2 is 2.28 bits per heavy atom. The van der Waals surface area contributed by atoms with Gasteiger partial charge in [-0.25, -0.2) is 0 Å². The van der Waals surface area contributed by atoms with Gasteiger partial charge in [0.1, 0.15) is 6.04 Å². The topological polar surface area (TPSA) is 64.9 Å². The van der Waals surface area contributed by atoms with Crippen molar-refractivity contribution < 1.29 is 4.79 Å². The van der Waals surface area contributed by atoms with Gasteiger partial charge in [-0.2, -0.15) is 5.26 Å². The van der Waals surface area contributed by atoms with Gasteiger partial charge in [0, 0.05) is 5.69 Å². The molecule has 0 saturated heterocycles. The van der Waals surface area contributed by atoms with Gasteiger partial charge in [0.05, 0.1) is 18.2 Å². The standard InChI is InChI=1S/C14H15N3O/c1-4-7-16-14(18)11(3)17-13-8-12(9-15)6-5-10(13)2/h1,5-6,8,11,17H,7H2,2-3H3,(H,16,18). The highest BCUT2D eigenvalue weighted by Crippen LogP contribution is 2.17. The minimum atomic E-state index is -0.411. The van der Waals surface area contributed by atoms with Crippen LogP contribution in [0.4, 0.5) is 5.69 Å². The summed E-state index contributed by atoms with van der Waals surface area (Å²) in [5.41, 5.74) is 2.31. The number of nitrogens with zero attached hydrogens (tertiary/aromatic N) is 1. The molecule has 18 heavy (non-hydrogen) atoms. The smallest absolute Gasteiger partial charge is 0.242 e. The zero-order chi connectivity index (χ0) is 13.5. The first-order valence-corrected chi connectivity index (χ1v) is 5.57. The van der Waals surface area contributed by atoms with E-state index in [2.05, 4.69) is 22.6 Å². The molecule has 0 radical (unpaired) electrons. The van der Waals surface area contributed by atoms with Crippen LogP contribution in [0.25, 0.3) is 0 Å². The summed E-state index contributed by atoms with van der Waals surface area (Å²) in [6.45, 7) is 3.86. The number of carbonyl (C=O) groups is 1. The van der Waals surface area contributed by atoms with Crippen molar-refractivity contribution in [2.24, 2.45) is 0 Å². The van der Waals surface area contributed by atoms with Gasteiger partial charge in [-0.3, -0.25) is 4.79 Å². The van der Waals surface area contributed by atoms with E-state index >= 15 is 0 Å². The van der Waals surface area contributed by atoms with Crippen LogP contribution in [-0.4, -0.2) is 18.5 Å². The third kappa shape index (κ3) is 3.54. The maximum atomic E-state index is 11.6. The first kappa shape index (κ1) is 13.6. The summed E-state index contributed by atoms with van der Waals surface area (Å²) in [6.07, 6.45) is 5.07. The van der Waals surface area contributed by atoms with Crippen molar-refractivity contribution in [1.29, 1.82) is 5.26 Å². The van der Waals surface area contributed by atoms with Crippen LogP contribution in [-0.2, 0) is 4.79 Å². The van der Waals surface area contributed by atoms with Crippen LogP contribution in [0.15, 0.2) is 18.2 Å². The number of hydrogen-bond donors (Lipinski definition) is 2. The van der Waals surface area contributed by atoms with Crippen LogP contribution in [0.5, 0.6) is 0 Å². The van der Waals surface area contributed by atoms with E-state index in [-0.39, 0.29) is 12.5 Å². The second-order valence-corrected chi connectivity index (χ2v) is 3.93. The van der Waals surface area contributed by atoms with Gasteiger partial charge in [-0.05, 0) is 31.5 Å². The van der Waals surface area contributed by atoms with Crippen molar-refractivity contribution in [3.63, 3.8) is 0 Å². The lowest BCUT2D eigenvalue weighted by atomic mass is 10.1. The Hall–Kier alpha value is -2.46. The summed E-state index contributed by atoms with van der Waals surface area (Å²) in [4.78, 5) is 11.6. The fourth-order valence-electron chi connectivity index (χ4n) is 1.44. The molecule has 4 heteroatoms. The molecular weight excluding hydrogens is 226 g/mol. The Balaban J connectivity index is 2.76. The van der Waals surface area contributed by atoms with Gasteiger partial charge in [0.2, 0.25) is 5.91 Å². The quantitative estimate of drug-likeness (QED) is 0.783. The number of rotatable bonds is 4. The van der Waals surface area contributed by atoms with Crippen molar-refractivity contribution >= 4 is 11.6 Å². The molecule has 1 atom stereocenters. The highest BCUT2D eigenvalue weighted by Gasteiger charge is 2.12. The molecular formula is C14H15N3O. The van der Waals surface area contributed by atoms with E-state index in [4.69, 9.17) is 11.7 Å². The lowest BCUT2D eigenvalue weighted by Crippen LogP contribution is -2.37. The molecule has 0 aliphatic rings. The van der Waals surface area contributed by atoms with Crippen LogP contribution in [0.3, 0.4) is 0 Å². The predicted molar refractivity (Wildman–Crippen MR) is 70.8 cm³/mol. The van der Waals surface area contributed by atoms with Crippen molar-refractivity contribution in [2.45, 2.75) is 19.9 Å². The molecule has 0 heterocycles. The minimum Gasteiger partial charge on any atom is -0.374 e. The molecule has 0 spiro atoms. The summed E-state index contributed by atoms with van der Waals surface area (Å²) in [7, 11) is 0. The zero-order valence-corrected chi connectivity index (χ0v) is 10.4. The predicted octanol–water partition coefficient (Wildman–Crippen LogP) is 1.42. The molecule has 92 valence electrons. The molecule has 1 aromatic rings. The van der Waals surface area contributed by atoms with Gasteiger partial charge in [0.15, 0.2) is 0 Å². The van der Waals surface area contributed by atoms with E-state index in [0.717, 1.165) is 11.3 Å². The molecule has 0 fully saturated rings. The molecule has 1 aromatic carbocycles. The normalized spacial score (nSPS) is 10.9. The number of nitriles is 1. The second kappa shape index (κ2) is 6.32. The fraction of sp³-hybridized carbons (Fsp3) is 0.286. The fourth-order valence-corrected chi connectivity index (χ4v) is 1.44. The number of hydrogen-bond acceptors (Lipinski definition) is 3. The zero-order valence-electron chi connectivity index (χ0n) is 10.4. The highest BCUT2D eigenvalue weighted by molar-refractivity contribution is 5.84. The molecule has 1 unspecified atom stereocenters. The average Bonchev–Trinajstić information content (AvgIpc) is 2.38. The largest absolute Gasteiger partial charge is 0.374 e. The Morgan fingerprint density at radius 1 is 1.56 bits per heavy atom. The molecule has 2 N–H and O–H groups in total. The lowest BCUT2D eigenvalue weighted by Gasteiger charge is -2.16. The number of nitrogens with one attached hydrogen (secondary N) is 2. The highest BCUT2D eigenvalue weighted by atomic mass is 16.2. The molecule has 0 aliphatic carbocycles. The van der Waals surface area contributed by atoms with Crippen LogP contribution in [0.2, 0.25) is 0 Å². The summed E-state index contributed by atoms with van der Waals surface area (Å²) in [5.74, 6) is 2.17. The number of benzene rings is 1. The molecule has 0 aromatic heterocycles. The molecule has 4 nitrogen and oxygen atoms in total. The molecule has 0 bridgehead atoms. The number of terminal acetylenes is 1. The first-order chi connectivity index (χ1) is 8.58. The molecule has 0 aliphatic heterocycles. The van der Waals surface area contributed by atoms with E-state index in [1.165, 1.54) is 0 Å². The summed E-state index contributed by atoms with van der Waals surface area (Å²) in [5, 5.41) is 14.5. The number of amides is 1. The Labute approximate surface area is 107 Å². The summed E-state index contributed by atoms with van der Waals surface area (Å²) >= 11 is 0. The van der Waals surface area contributed by atoms with Gasteiger partial charge in [0.25, 0.3) is 0 Å². The van der Waals surface area contributed by atoms with Crippen LogP contribution in [0.1, 0.15) is 18.1 Å². The van der Waals surface area contributed by atoms with Crippen LogP contribution in [0, 0.1) is 30.6 Å². The summed E-state index contributed by atoms with van der Waals surface area (Å²) in [6, 6.07) is 6.96. The van der Waals surface area contributed by atoms with E-state index in [1.54, 1.807) is 19.1 Å². The van der Waals surface area contributed by atoms with Crippen LogP contribution < -0.4 is 10.6 Å². The molecule has 1 rings (SSSR count). The third-order valence-electron chi connectivity index (χ3n) is 2.50. The Morgan fingerprint density at radius 3 is 2.89 bits per heavy atom. The van der Waals surface area contributed by atoms with Gasteiger partial charge in [-0.15, -0.1) is 6.42 Å². The van der Waals surface area contributed by atoms with Crippen molar-refractivity contribution in [1.82, 2.24) is 5.32 Å². The van der Waals surface area contributed by atoms with E-state index in [0.29, 0.717) is 5.56 Å². The van der Waals surface area contributed by atoms with Gasteiger partial charge in [-0.1, -0.05) is 12.0 Å². The lowest BCUT2D eigenvalue weighted by molar-refractivity contribution is -0.121. The van der Waals surface area contributed by atoms with Crippen LogP contribution >= 0.6 is 0 Å². The minimum absolute atomic E-state index is 0.172. The number of aryl methyl sites for hydroxylation is 1. The van der Waals surface area contributed by atoms with E-state index in [1.807, 2.05) is 13.0 Å². The van der Waals surface area contributed by atoms with Crippen molar-refractivity contribution in [3.05, 3.63) is 29.3 Å². The van der Waals surface area contributed by atoms with E-state index < -0.39 is 6.04 Å². The Kier molecular flexibility index (Phi) is 4.78. The first-order valence-electron chi connectivity index (χ1n) is 5.57. The maximum absolute atomic E-state index is 11.6. The van der Waals surface area contributed by atoms with Crippen molar-refractivity contribution in [3.8, 4) is 18.4 Å². The van der Waals surface area contributed by atoms with Gasteiger partial charge >= 0.3 is 0 Å². The third-order valence-corrected chi connectivity index (χ3v) is 2.50. The molecule has 1 amide bonds. The SMILES string of the molecule is C#CCNC(=O)C(C)Nc1cc(C#N)ccc1C. The number of carbonyl (C=O) groups excluding carboxylic acids is 1. The van der Waals surface area contributed by atoms with Gasteiger partial charge < -0.3 is 10.6 Å². The number of anilines is 1. The molecule has 0 saturated carbocycles. The van der Waals surface area contributed by atoms with E-state index in [9.17, 15) is 4.79 Å². The Bertz CT molecular complexity index is 523. The average molecular weight is 241 g/mol. The monoisotopic (exact) mass is 241 g/mol. The van der Waals surface area contributed by atoms with Crippen molar-refractivity contribution in [2.75, 3.05) is 11.9 Å².